The molecule has 86 valence electrons. The molecule has 0 N–H and O–H groups in total. The molecule has 0 atom stereocenters. The van der Waals surface area contributed by atoms with Crippen LogP contribution in [0.4, 0.5) is 0 Å². The number of carbonyl (C=O) groups is 1. The Labute approximate surface area is 112 Å². The average Bonchev–Trinajstić information content (AvgIpc) is 2.29. The van der Waals surface area contributed by atoms with Gasteiger partial charge in [0.1, 0.15) is 5.75 Å². The number of Topliss-reactive ketones (excluding diaryl/α,β-unsaturated/α-hetero) is 1. The molecule has 0 unspecified atom stereocenters. The minimum absolute atomic E-state index is 0.183. The van der Waals surface area contributed by atoms with Crippen molar-refractivity contribution >= 4 is 45.2 Å². The van der Waals surface area contributed by atoms with Crippen LogP contribution < -0.4 is 4.74 Å². The number of rotatable bonds is 2. The Morgan fingerprint density at radius 3 is 2.75 bits per heavy atom. The molecule has 1 aromatic carbocycles. The maximum absolute atomic E-state index is 12.0. The topological polar surface area (TPSA) is 26.3 Å². The summed E-state index contributed by atoms with van der Waals surface area (Å²) in [5.74, 6) is 0.943. The summed E-state index contributed by atoms with van der Waals surface area (Å²) in [6, 6.07) is 2.02. The van der Waals surface area contributed by atoms with E-state index in [0.29, 0.717) is 13.0 Å². The van der Waals surface area contributed by atoms with Gasteiger partial charge < -0.3 is 4.74 Å². The van der Waals surface area contributed by atoms with E-state index in [0.717, 1.165) is 25.6 Å². The largest absolute Gasteiger partial charge is 0.491 e. The summed E-state index contributed by atoms with van der Waals surface area (Å²) < 4.78 is 6.61. The van der Waals surface area contributed by atoms with Gasteiger partial charge in [0.25, 0.3) is 0 Å². The van der Waals surface area contributed by atoms with Crippen LogP contribution in [-0.2, 0) is 0 Å². The van der Waals surface area contributed by atoms with Crippen LogP contribution in [0.25, 0.3) is 0 Å². The number of thioether (sulfide) groups is 2. The van der Waals surface area contributed by atoms with E-state index in [1.165, 1.54) is 0 Å². The summed E-state index contributed by atoms with van der Waals surface area (Å²) in [6.07, 6.45) is 4.44. The van der Waals surface area contributed by atoms with Gasteiger partial charge in [0.15, 0.2) is 5.78 Å². The van der Waals surface area contributed by atoms with E-state index in [9.17, 15) is 4.79 Å². The zero-order chi connectivity index (χ0) is 11.7. The number of ether oxygens (including phenoxy) is 1. The first-order valence-electron chi connectivity index (χ1n) is 4.79. The highest BCUT2D eigenvalue weighted by molar-refractivity contribution is 9.10. The van der Waals surface area contributed by atoms with E-state index in [2.05, 4.69) is 15.9 Å². The molecule has 0 spiro atoms. The second kappa shape index (κ2) is 5.02. The lowest BCUT2D eigenvalue weighted by Crippen LogP contribution is -2.17. The number of halogens is 1. The first-order chi connectivity index (χ1) is 7.69. The molecule has 0 fully saturated rings. The lowest BCUT2D eigenvalue weighted by Gasteiger charge is -2.22. The second-order valence-electron chi connectivity index (χ2n) is 3.32. The zero-order valence-corrected chi connectivity index (χ0v) is 12.2. The molecule has 0 aromatic heterocycles. The smallest absolute Gasteiger partial charge is 0.171 e. The molecule has 1 heterocycles. The minimum atomic E-state index is 0.183. The van der Waals surface area contributed by atoms with Gasteiger partial charge in [0.2, 0.25) is 0 Å². The molecule has 0 amide bonds. The predicted molar refractivity (Wildman–Crippen MR) is 72.1 cm³/mol. The highest BCUT2D eigenvalue weighted by atomic mass is 79.9. The Morgan fingerprint density at radius 2 is 2.12 bits per heavy atom. The lowest BCUT2D eigenvalue weighted by atomic mass is 10.1. The zero-order valence-electron chi connectivity index (χ0n) is 9.00. The van der Waals surface area contributed by atoms with Crippen LogP contribution >= 0.6 is 39.5 Å². The van der Waals surface area contributed by atoms with Crippen molar-refractivity contribution in [2.45, 2.75) is 16.2 Å². The number of fused-ring (bicyclic) bond motifs is 1. The van der Waals surface area contributed by atoms with Crippen molar-refractivity contribution in [1.82, 2.24) is 0 Å². The second-order valence-corrected chi connectivity index (χ2v) is 5.84. The van der Waals surface area contributed by atoms with Crippen molar-refractivity contribution in [2.24, 2.45) is 0 Å². The molecule has 5 heteroatoms. The predicted octanol–water partition coefficient (Wildman–Crippen LogP) is 3.86. The fraction of sp³-hybridized carbons (Fsp3) is 0.364. The van der Waals surface area contributed by atoms with Gasteiger partial charge >= 0.3 is 0 Å². The van der Waals surface area contributed by atoms with Gasteiger partial charge in [0.05, 0.1) is 17.1 Å². The van der Waals surface area contributed by atoms with E-state index in [-0.39, 0.29) is 5.78 Å². The van der Waals surface area contributed by atoms with Crippen molar-refractivity contribution in [3.05, 3.63) is 16.1 Å². The Hall–Kier alpha value is -0.130. The maximum Gasteiger partial charge on any atom is 0.171 e. The molecule has 1 aliphatic heterocycles. The first-order valence-corrected chi connectivity index (χ1v) is 8.03. The summed E-state index contributed by atoms with van der Waals surface area (Å²) in [5.41, 5.74) is 0.748. The highest BCUT2D eigenvalue weighted by Gasteiger charge is 2.26. The molecule has 1 aromatic rings. The van der Waals surface area contributed by atoms with Crippen LogP contribution in [0.5, 0.6) is 5.75 Å². The van der Waals surface area contributed by atoms with Gasteiger partial charge in [-0.1, -0.05) is 0 Å². The number of hydrogen-bond acceptors (Lipinski definition) is 4. The lowest BCUT2D eigenvalue weighted by molar-refractivity contribution is 0.0927. The third-order valence-corrected chi connectivity index (χ3v) is 4.89. The van der Waals surface area contributed by atoms with Gasteiger partial charge in [0, 0.05) is 15.8 Å². The SMILES string of the molecule is CSc1cc(Br)c(SC)c2c1OCCC2=O. The van der Waals surface area contributed by atoms with Crippen molar-refractivity contribution in [3.63, 3.8) is 0 Å². The van der Waals surface area contributed by atoms with Crippen molar-refractivity contribution in [2.75, 3.05) is 19.1 Å². The molecule has 16 heavy (non-hydrogen) atoms. The molecule has 2 nitrogen and oxygen atoms in total. The quantitative estimate of drug-likeness (QED) is 0.773. The van der Waals surface area contributed by atoms with Crippen LogP contribution in [0.15, 0.2) is 20.3 Å². The Kier molecular flexibility index (Phi) is 3.87. The summed E-state index contributed by atoms with van der Waals surface area (Å²) in [4.78, 5) is 14.0. The Bertz CT molecular complexity index is 446. The van der Waals surface area contributed by atoms with E-state index in [1.807, 2.05) is 18.6 Å². The van der Waals surface area contributed by atoms with Crippen molar-refractivity contribution in [3.8, 4) is 5.75 Å². The molecular weight excluding hydrogens is 308 g/mol. The molecule has 0 saturated carbocycles. The number of hydrogen-bond donors (Lipinski definition) is 0. The number of benzene rings is 1. The van der Waals surface area contributed by atoms with Crippen molar-refractivity contribution < 1.29 is 9.53 Å². The molecule has 0 bridgehead atoms. The number of carbonyl (C=O) groups excluding carboxylic acids is 1. The average molecular weight is 319 g/mol. The molecule has 2 rings (SSSR count). The van der Waals surface area contributed by atoms with Gasteiger partial charge in [-0.2, -0.15) is 0 Å². The molecule has 1 aliphatic rings. The molecular formula is C11H11BrO2S2. The minimum Gasteiger partial charge on any atom is -0.491 e. The van der Waals surface area contributed by atoms with Crippen LogP contribution in [0.2, 0.25) is 0 Å². The fourth-order valence-corrected chi connectivity index (χ4v) is 4.02. The Morgan fingerprint density at radius 1 is 1.38 bits per heavy atom. The normalized spacial score (nSPS) is 14.6. The van der Waals surface area contributed by atoms with Crippen LogP contribution in [0.1, 0.15) is 16.8 Å². The third-order valence-electron chi connectivity index (χ3n) is 2.43. The van der Waals surface area contributed by atoms with Crippen LogP contribution in [-0.4, -0.2) is 24.9 Å². The van der Waals surface area contributed by atoms with Crippen molar-refractivity contribution in [1.29, 1.82) is 0 Å². The highest BCUT2D eigenvalue weighted by Crippen LogP contribution is 2.43. The van der Waals surface area contributed by atoms with Crippen LogP contribution in [0.3, 0.4) is 0 Å². The fourth-order valence-electron chi connectivity index (χ4n) is 1.71. The van der Waals surface area contributed by atoms with Gasteiger partial charge in [-0.3, -0.25) is 4.79 Å². The summed E-state index contributed by atoms with van der Waals surface area (Å²) in [6.45, 7) is 0.495. The molecule has 0 saturated heterocycles. The molecule has 0 radical (unpaired) electrons. The third kappa shape index (κ3) is 2.00. The first kappa shape index (κ1) is 12.3. The van der Waals surface area contributed by atoms with Gasteiger partial charge in [-0.05, 0) is 34.5 Å². The van der Waals surface area contributed by atoms with E-state index >= 15 is 0 Å². The molecule has 0 aliphatic carbocycles. The number of ketones is 1. The summed E-state index contributed by atoms with van der Waals surface area (Å²) in [5, 5.41) is 0. The van der Waals surface area contributed by atoms with Gasteiger partial charge in [-0.15, -0.1) is 23.5 Å². The van der Waals surface area contributed by atoms with Crippen LogP contribution in [0, 0.1) is 0 Å². The van der Waals surface area contributed by atoms with E-state index < -0.39 is 0 Å². The van der Waals surface area contributed by atoms with E-state index in [1.54, 1.807) is 23.5 Å². The van der Waals surface area contributed by atoms with E-state index in [4.69, 9.17) is 4.74 Å². The Balaban J connectivity index is 2.70. The standard InChI is InChI=1S/C11H11BrO2S2/c1-15-8-5-6(12)11(16-2)9-7(13)3-4-14-10(8)9/h5H,3-4H2,1-2H3. The maximum atomic E-state index is 12.0. The summed E-state index contributed by atoms with van der Waals surface area (Å²) in [7, 11) is 0. The monoisotopic (exact) mass is 318 g/mol. The summed E-state index contributed by atoms with van der Waals surface area (Å²) >= 11 is 6.69. The van der Waals surface area contributed by atoms with Gasteiger partial charge in [-0.25, -0.2) is 0 Å².